The molecular weight excluding hydrogens is 258 g/mol. The average Bonchev–Trinajstić information content (AvgIpc) is 2.50. The third kappa shape index (κ3) is 2.19. The van der Waals surface area contributed by atoms with Gasteiger partial charge in [0.05, 0.1) is 0 Å². The first-order valence-corrected chi connectivity index (χ1v) is 8.39. The summed E-state index contributed by atoms with van der Waals surface area (Å²) >= 11 is 9.13. The fraction of sp³-hybridized carbons (Fsp3) is 0.500. The van der Waals surface area contributed by atoms with Crippen molar-refractivity contribution in [2.24, 2.45) is 0 Å². The number of aromatic nitrogens is 4. The maximum Gasteiger partial charge on any atom is 0.227 e. The summed E-state index contributed by atoms with van der Waals surface area (Å²) in [6.07, 6.45) is 1.82. The van der Waals surface area contributed by atoms with Crippen LogP contribution in [0.4, 0.5) is 3.89 Å². The number of tetrazole rings is 1. The minimum atomic E-state index is -1.87. The lowest BCUT2D eigenvalue weighted by atomic mass is 11.4. The first-order chi connectivity index (χ1) is 5.66. The van der Waals surface area contributed by atoms with Gasteiger partial charge in [-0.2, -0.15) is 0 Å². The van der Waals surface area contributed by atoms with E-state index in [-0.39, 0.29) is 9.45 Å². The Morgan fingerprint density at radius 3 is 2.83 bits per heavy atom. The van der Waals surface area contributed by atoms with Gasteiger partial charge in [-0.25, -0.2) is 0 Å². The van der Waals surface area contributed by atoms with Crippen molar-refractivity contribution in [3.8, 4) is 0 Å². The third-order valence-corrected chi connectivity index (χ3v) is 5.84. The van der Waals surface area contributed by atoms with Crippen LogP contribution in [0, 0.1) is 0 Å². The predicted octanol–water partition coefficient (Wildman–Crippen LogP) is -0.533. The second-order valence-electron chi connectivity index (χ2n) is 1.56. The number of hydrogen-bond donors (Lipinski definition) is 0. The van der Waals surface area contributed by atoms with E-state index in [0.29, 0.717) is 5.16 Å². The van der Waals surface area contributed by atoms with Crippen molar-refractivity contribution in [1.29, 1.82) is 0 Å². The molecule has 4 nitrogen and oxygen atoms in total. The largest absolute Gasteiger partial charge is 0.227 e. The van der Waals surface area contributed by atoms with E-state index in [1.54, 1.807) is 0 Å². The molecule has 0 saturated carbocycles. The van der Waals surface area contributed by atoms with E-state index in [9.17, 15) is 3.89 Å². The molecule has 1 aromatic heterocycles. The highest BCUT2D eigenvalue weighted by atomic mass is 33.1. The maximum absolute atomic E-state index is 12.6. The highest BCUT2D eigenvalue weighted by molar-refractivity contribution is 8.48. The van der Waals surface area contributed by atoms with Crippen LogP contribution in [0.2, 0.25) is 0 Å². The molecule has 0 fully saturated rings. The average molecular weight is 261 g/mol. The van der Waals surface area contributed by atoms with Crippen LogP contribution in [0.25, 0.3) is 0 Å². The summed E-state index contributed by atoms with van der Waals surface area (Å²) in [5.74, 6) is 0. The zero-order valence-electron chi connectivity index (χ0n) is 5.71. The molecule has 0 amide bonds. The van der Waals surface area contributed by atoms with Crippen LogP contribution >= 0.6 is 0 Å². The van der Waals surface area contributed by atoms with Gasteiger partial charge in [0.1, 0.15) is 0 Å². The minimum Gasteiger partial charge on any atom is -0.137 e. The molecule has 0 bridgehead atoms. The molecule has 2 atom stereocenters. The monoisotopic (exact) mass is 261 g/mol. The van der Waals surface area contributed by atoms with E-state index in [1.165, 1.54) is 0 Å². The Hall–Kier alpha value is 0.360. The quantitative estimate of drug-likeness (QED) is 0.670. The summed E-state index contributed by atoms with van der Waals surface area (Å²) in [6, 6.07) is 0. The zero-order chi connectivity index (χ0) is 9.14. The summed E-state index contributed by atoms with van der Waals surface area (Å²) in [4.78, 5) is 0. The van der Waals surface area contributed by atoms with Gasteiger partial charge in [0.25, 0.3) is 0 Å². The lowest BCUT2D eigenvalue weighted by molar-refractivity contribution is 0.795. The standard InChI is InChI=1S/C2H3FN4S5/c1-11(10-8)2-4-5-6-7(2)12(3)9/h1H3/i3-1. The highest BCUT2D eigenvalue weighted by Crippen LogP contribution is 2.00. The molecule has 1 rings (SSSR count). The van der Waals surface area contributed by atoms with Gasteiger partial charge in [-0.15, -0.1) is 13.1 Å². The molecule has 2 unspecified atom stereocenters. The molecule has 0 saturated heterocycles. The van der Waals surface area contributed by atoms with Gasteiger partial charge in [0, 0.05) is 11.2 Å². The molecule has 1 aromatic rings. The van der Waals surface area contributed by atoms with Crippen molar-refractivity contribution < 1.29 is 3.89 Å². The Morgan fingerprint density at radius 2 is 2.33 bits per heavy atom. The molecule has 0 aliphatic heterocycles. The number of nitrogens with zero attached hydrogens (tertiary/aromatic N) is 4. The van der Waals surface area contributed by atoms with Gasteiger partial charge in [0.15, 0.2) is 10.0 Å². The normalized spacial score (nSPS) is 15.5. The van der Waals surface area contributed by atoms with E-state index >= 15 is 0 Å². The molecular formula is C2H3FN4S5. The second-order valence-corrected chi connectivity index (χ2v) is 7.69. The van der Waals surface area contributed by atoms with Crippen LogP contribution in [0.3, 0.4) is 0 Å². The number of rotatable bonds is 2. The van der Waals surface area contributed by atoms with E-state index in [2.05, 4.69) is 26.7 Å². The zero-order valence-corrected chi connectivity index (χ0v) is 9.79. The summed E-state index contributed by atoms with van der Waals surface area (Å²) in [7, 11) is -1.10. The predicted molar refractivity (Wildman–Crippen MR) is 55.3 cm³/mol. The second kappa shape index (κ2) is 4.56. The van der Waals surface area contributed by atoms with Crippen molar-refractivity contribution in [3.63, 3.8) is 0 Å². The lowest BCUT2D eigenvalue weighted by Gasteiger charge is -1.96. The first kappa shape index (κ1) is 10.4. The van der Waals surface area contributed by atoms with Crippen molar-refractivity contribution in [2.45, 2.75) is 5.16 Å². The van der Waals surface area contributed by atoms with Gasteiger partial charge >= 0.3 is 0 Å². The molecule has 1 heterocycles. The van der Waals surface area contributed by atoms with Crippen molar-refractivity contribution in [3.05, 3.63) is 0 Å². The van der Waals surface area contributed by atoms with Gasteiger partial charge < -0.3 is 0 Å². The van der Waals surface area contributed by atoms with Crippen LogP contribution in [-0.2, 0) is 50.7 Å². The summed E-state index contributed by atoms with van der Waals surface area (Å²) in [5.41, 5.74) is 0. The number of hydrogen-bond acceptors (Lipinski definition) is 5. The minimum absolute atomic E-state index is 0.383. The summed E-state index contributed by atoms with van der Waals surface area (Å²) < 4.78 is 13.6. The Labute approximate surface area is 85.4 Å². The molecule has 12 heavy (non-hydrogen) atoms. The van der Waals surface area contributed by atoms with E-state index < -0.39 is 10.0 Å². The van der Waals surface area contributed by atoms with Crippen LogP contribution < -0.4 is 0 Å². The third-order valence-electron chi connectivity index (χ3n) is 0.910. The topological polar surface area (TPSA) is 43.6 Å². The fourth-order valence-electron chi connectivity index (χ4n) is 0.459. The van der Waals surface area contributed by atoms with Gasteiger partial charge in [-0.3, -0.25) is 0 Å². The summed E-state index contributed by atoms with van der Waals surface area (Å²) in [6.45, 7) is 0. The first-order valence-electron chi connectivity index (χ1n) is 2.50. The molecule has 0 aliphatic rings. The fourth-order valence-corrected chi connectivity index (χ4v) is 3.34. The molecule has 68 valence electrons. The van der Waals surface area contributed by atoms with E-state index in [4.69, 9.17) is 11.2 Å². The van der Waals surface area contributed by atoms with Crippen LogP contribution in [0.1, 0.15) is 0 Å². The van der Waals surface area contributed by atoms with Crippen molar-refractivity contribution in [1.82, 2.24) is 19.6 Å². The maximum atomic E-state index is 12.6. The molecule has 0 spiro atoms. The molecule has 0 radical (unpaired) electrons. The Morgan fingerprint density at radius 1 is 1.67 bits per heavy atom. The smallest absolute Gasteiger partial charge is 0.137 e. The van der Waals surface area contributed by atoms with Gasteiger partial charge in [0.2, 0.25) is 5.16 Å². The Bertz CT molecular complexity index is 365. The van der Waals surface area contributed by atoms with Crippen molar-refractivity contribution in [2.75, 3.05) is 6.26 Å². The number of halogens is 1. The Balaban J connectivity index is 3.25. The van der Waals surface area contributed by atoms with Crippen LogP contribution in [0.5, 0.6) is 0 Å². The molecule has 10 heteroatoms. The van der Waals surface area contributed by atoms with Crippen molar-refractivity contribution >= 4 is 50.7 Å². The van der Waals surface area contributed by atoms with E-state index in [1.807, 2.05) is 6.26 Å². The van der Waals surface area contributed by atoms with E-state index in [0.717, 1.165) is 13.0 Å². The van der Waals surface area contributed by atoms with Gasteiger partial charge in [-0.1, -0.05) is 9.45 Å². The summed E-state index contributed by atoms with van der Waals surface area (Å²) in [5, 5.41) is 10.8. The molecule has 0 aliphatic carbocycles. The van der Waals surface area contributed by atoms with Gasteiger partial charge in [-0.05, 0) is 36.8 Å². The SMILES string of the molecule is CS(=S=S)c1nnnn1S([18F])=S. The highest BCUT2D eigenvalue weighted by Gasteiger charge is 2.09. The lowest BCUT2D eigenvalue weighted by Crippen LogP contribution is -2.06. The molecule has 0 N–H and O–H groups in total. The van der Waals surface area contributed by atoms with Crippen LogP contribution in [-0.4, -0.2) is 25.9 Å². The molecule has 0 aromatic carbocycles. The van der Waals surface area contributed by atoms with Crippen LogP contribution in [0.15, 0.2) is 5.16 Å². The Kier molecular flexibility index (Phi) is 3.96.